The van der Waals surface area contributed by atoms with Gasteiger partial charge in [0.25, 0.3) is 5.88 Å². The van der Waals surface area contributed by atoms with Gasteiger partial charge in [-0.05, 0) is 43.2 Å². The molecular formula is C13H12N2O3. The van der Waals surface area contributed by atoms with Crippen LogP contribution in [0, 0.1) is 13.8 Å². The van der Waals surface area contributed by atoms with Crippen LogP contribution in [-0.2, 0) is 0 Å². The minimum absolute atomic E-state index is 0.00625. The second kappa shape index (κ2) is 4.83. The molecule has 0 spiro atoms. The van der Waals surface area contributed by atoms with Gasteiger partial charge in [0.05, 0.1) is 6.20 Å². The van der Waals surface area contributed by atoms with E-state index in [0.717, 1.165) is 11.1 Å². The highest BCUT2D eigenvalue weighted by atomic mass is 16.5. The van der Waals surface area contributed by atoms with Crippen LogP contribution in [0.25, 0.3) is 0 Å². The number of nitrogens with zero attached hydrogens (tertiary/aromatic N) is 2. The number of hydrogen-bond acceptors (Lipinski definition) is 4. The fourth-order valence-electron chi connectivity index (χ4n) is 1.45. The Kier molecular flexibility index (Phi) is 3.23. The Labute approximate surface area is 104 Å². The highest BCUT2D eigenvalue weighted by Gasteiger charge is 2.13. The Morgan fingerprint density at radius 3 is 2.67 bits per heavy atom. The lowest BCUT2D eigenvalue weighted by atomic mass is 10.1. The number of carboxylic acids is 1. The first-order chi connectivity index (χ1) is 8.58. The molecule has 0 aliphatic heterocycles. The summed E-state index contributed by atoms with van der Waals surface area (Å²) in [5, 5.41) is 16.3. The second-order valence-corrected chi connectivity index (χ2v) is 3.90. The van der Waals surface area contributed by atoms with Crippen LogP contribution < -0.4 is 4.74 Å². The molecule has 0 saturated carbocycles. The lowest BCUT2D eigenvalue weighted by Gasteiger charge is -2.08. The Hall–Kier alpha value is -2.43. The van der Waals surface area contributed by atoms with E-state index in [1.54, 1.807) is 6.07 Å². The fraction of sp³-hybridized carbons (Fsp3) is 0.154. The number of carboxylic acid groups (broad SMARTS) is 1. The van der Waals surface area contributed by atoms with Gasteiger partial charge in [0, 0.05) is 0 Å². The van der Waals surface area contributed by atoms with Crippen LogP contribution in [0.3, 0.4) is 0 Å². The lowest BCUT2D eigenvalue weighted by Crippen LogP contribution is -2.03. The molecule has 92 valence electrons. The van der Waals surface area contributed by atoms with Gasteiger partial charge in [-0.1, -0.05) is 6.07 Å². The van der Waals surface area contributed by atoms with Crippen LogP contribution in [0.5, 0.6) is 11.6 Å². The van der Waals surface area contributed by atoms with Crippen LogP contribution in [0.1, 0.15) is 21.5 Å². The maximum Gasteiger partial charge on any atom is 0.341 e. The summed E-state index contributed by atoms with van der Waals surface area (Å²) in [6, 6.07) is 6.85. The molecule has 0 radical (unpaired) electrons. The maximum absolute atomic E-state index is 11.0. The molecule has 18 heavy (non-hydrogen) atoms. The van der Waals surface area contributed by atoms with E-state index in [0.29, 0.717) is 5.75 Å². The molecule has 0 aliphatic carbocycles. The van der Waals surface area contributed by atoms with Crippen molar-refractivity contribution < 1.29 is 14.6 Å². The van der Waals surface area contributed by atoms with Crippen molar-refractivity contribution in [3.05, 3.63) is 47.2 Å². The van der Waals surface area contributed by atoms with Crippen LogP contribution in [0.2, 0.25) is 0 Å². The van der Waals surface area contributed by atoms with Crippen LogP contribution >= 0.6 is 0 Å². The number of ether oxygens (including phenoxy) is 1. The summed E-state index contributed by atoms with van der Waals surface area (Å²) in [7, 11) is 0. The maximum atomic E-state index is 11.0. The van der Waals surface area contributed by atoms with Crippen molar-refractivity contribution in [3.8, 4) is 11.6 Å². The normalized spacial score (nSPS) is 10.1. The van der Waals surface area contributed by atoms with Crippen LogP contribution in [0.4, 0.5) is 0 Å². The van der Waals surface area contributed by atoms with Gasteiger partial charge >= 0.3 is 5.97 Å². The summed E-state index contributed by atoms with van der Waals surface area (Å²) in [6.07, 6.45) is 1.32. The third-order valence-corrected chi connectivity index (χ3v) is 2.61. The van der Waals surface area contributed by atoms with Crippen molar-refractivity contribution in [2.24, 2.45) is 0 Å². The third-order valence-electron chi connectivity index (χ3n) is 2.61. The van der Waals surface area contributed by atoms with Crippen LogP contribution in [-0.4, -0.2) is 21.3 Å². The first kappa shape index (κ1) is 12.0. The number of aromatic carboxylic acids is 1. The number of benzene rings is 1. The lowest BCUT2D eigenvalue weighted by molar-refractivity contribution is 0.0693. The Bertz CT molecular complexity index is 597. The zero-order valence-electron chi connectivity index (χ0n) is 10.0. The molecule has 1 N–H and O–H groups in total. The van der Waals surface area contributed by atoms with Crippen molar-refractivity contribution in [1.29, 1.82) is 0 Å². The number of aryl methyl sites for hydroxylation is 2. The summed E-state index contributed by atoms with van der Waals surface area (Å²) in [4.78, 5) is 11.0. The van der Waals surface area contributed by atoms with Gasteiger partial charge in [-0.3, -0.25) is 0 Å². The van der Waals surface area contributed by atoms with Gasteiger partial charge in [0.15, 0.2) is 0 Å². The average molecular weight is 244 g/mol. The highest BCUT2D eigenvalue weighted by molar-refractivity contribution is 5.90. The van der Waals surface area contributed by atoms with E-state index < -0.39 is 5.97 Å². The summed E-state index contributed by atoms with van der Waals surface area (Å²) >= 11 is 0. The topological polar surface area (TPSA) is 72.3 Å². The van der Waals surface area contributed by atoms with Gasteiger partial charge in [-0.2, -0.15) is 5.10 Å². The molecule has 0 fully saturated rings. The van der Waals surface area contributed by atoms with E-state index in [2.05, 4.69) is 10.2 Å². The Balaban J connectivity index is 2.34. The Morgan fingerprint density at radius 1 is 1.22 bits per heavy atom. The Morgan fingerprint density at radius 2 is 2.00 bits per heavy atom. The molecule has 0 amide bonds. The summed E-state index contributed by atoms with van der Waals surface area (Å²) in [5.41, 5.74) is 2.19. The molecule has 1 heterocycles. The van der Waals surface area contributed by atoms with E-state index in [9.17, 15) is 4.79 Å². The molecule has 2 aromatic rings. The third kappa shape index (κ3) is 2.45. The van der Waals surface area contributed by atoms with Gasteiger partial charge < -0.3 is 9.84 Å². The summed E-state index contributed by atoms with van der Waals surface area (Å²) in [6.45, 7) is 3.95. The quantitative estimate of drug-likeness (QED) is 0.898. The molecule has 0 bridgehead atoms. The van der Waals surface area contributed by atoms with Crippen molar-refractivity contribution in [2.45, 2.75) is 13.8 Å². The van der Waals surface area contributed by atoms with Crippen LogP contribution in [0.15, 0.2) is 30.5 Å². The smallest absolute Gasteiger partial charge is 0.341 e. The molecule has 0 aliphatic rings. The highest BCUT2D eigenvalue weighted by Crippen LogP contribution is 2.24. The second-order valence-electron chi connectivity index (χ2n) is 3.90. The number of rotatable bonds is 3. The van der Waals surface area contributed by atoms with Crippen molar-refractivity contribution >= 4 is 5.97 Å². The van der Waals surface area contributed by atoms with Gasteiger partial charge in [0.2, 0.25) is 0 Å². The van der Waals surface area contributed by atoms with Gasteiger partial charge in [0.1, 0.15) is 11.3 Å². The zero-order chi connectivity index (χ0) is 13.1. The predicted octanol–water partition coefficient (Wildman–Crippen LogP) is 2.58. The first-order valence-electron chi connectivity index (χ1n) is 5.38. The number of hydrogen-bond donors (Lipinski definition) is 1. The van der Waals surface area contributed by atoms with E-state index in [1.165, 1.54) is 12.3 Å². The summed E-state index contributed by atoms with van der Waals surface area (Å²) < 4.78 is 5.45. The first-order valence-corrected chi connectivity index (χ1v) is 5.38. The van der Waals surface area contributed by atoms with Crippen molar-refractivity contribution in [3.63, 3.8) is 0 Å². The minimum Gasteiger partial charge on any atom is -0.477 e. The van der Waals surface area contributed by atoms with E-state index in [1.807, 2.05) is 26.0 Å². The summed E-state index contributed by atoms with van der Waals surface area (Å²) in [5.74, 6) is -0.557. The molecule has 0 saturated heterocycles. The molecule has 0 atom stereocenters. The van der Waals surface area contributed by atoms with Gasteiger partial charge in [-0.25, -0.2) is 4.79 Å². The molecular weight excluding hydrogens is 232 g/mol. The van der Waals surface area contributed by atoms with E-state index in [4.69, 9.17) is 9.84 Å². The number of aromatic nitrogens is 2. The molecule has 5 heteroatoms. The predicted molar refractivity (Wildman–Crippen MR) is 65.0 cm³/mol. The van der Waals surface area contributed by atoms with Crippen molar-refractivity contribution in [1.82, 2.24) is 10.2 Å². The molecule has 2 rings (SSSR count). The zero-order valence-corrected chi connectivity index (χ0v) is 10.0. The molecule has 1 aromatic carbocycles. The average Bonchev–Trinajstić information content (AvgIpc) is 2.34. The minimum atomic E-state index is -1.09. The fourth-order valence-corrected chi connectivity index (χ4v) is 1.45. The number of carbonyl (C=O) groups is 1. The largest absolute Gasteiger partial charge is 0.477 e. The SMILES string of the molecule is Cc1ccc(Oc2nnccc2C(=O)O)cc1C. The molecule has 5 nitrogen and oxygen atoms in total. The monoisotopic (exact) mass is 244 g/mol. The van der Waals surface area contributed by atoms with Crippen molar-refractivity contribution in [2.75, 3.05) is 0 Å². The standard InChI is InChI=1S/C13H12N2O3/c1-8-3-4-10(7-9(8)2)18-12-11(13(16)17)5-6-14-15-12/h3-7H,1-2H3,(H,16,17). The molecule has 1 aromatic heterocycles. The van der Waals surface area contributed by atoms with Gasteiger partial charge in [-0.15, -0.1) is 5.10 Å². The van der Waals surface area contributed by atoms with E-state index in [-0.39, 0.29) is 11.4 Å². The van der Waals surface area contributed by atoms with E-state index >= 15 is 0 Å². The molecule has 0 unspecified atom stereocenters.